The van der Waals surface area contributed by atoms with Crippen molar-refractivity contribution in [3.8, 4) is 0 Å². The summed E-state index contributed by atoms with van der Waals surface area (Å²) in [4.78, 5) is 7.36. The van der Waals surface area contributed by atoms with Crippen LogP contribution in [0.3, 0.4) is 0 Å². The molecule has 0 unspecified atom stereocenters. The lowest BCUT2D eigenvalue weighted by Gasteiger charge is -2.28. The molecule has 1 heterocycles. The van der Waals surface area contributed by atoms with E-state index in [1.165, 1.54) is 12.8 Å². The Morgan fingerprint density at radius 1 is 1.32 bits per heavy atom. The summed E-state index contributed by atoms with van der Waals surface area (Å²) in [6, 6.07) is 3.94. The highest BCUT2D eigenvalue weighted by molar-refractivity contribution is 7.80. The number of thiocarbonyl (C=S) groups is 1. The number of nitrogens with zero attached hydrogens (tertiary/aromatic N) is 2. The standard InChI is InChI=1S/C15H25N3S/c1-5-12(6-2)10-18(7-3)15-13(14(16)19)9-8-11(4)17-15/h8-9,12H,5-7,10H2,1-4H3,(H2,16,19). The molecule has 0 radical (unpaired) electrons. The number of aromatic nitrogens is 1. The Bertz CT molecular complexity index is 427. The summed E-state index contributed by atoms with van der Waals surface area (Å²) >= 11 is 5.14. The molecule has 0 aliphatic heterocycles. The summed E-state index contributed by atoms with van der Waals surface area (Å²) in [7, 11) is 0. The number of pyridine rings is 1. The minimum absolute atomic E-state index is 0.422. The van der Waals surface area contributed by atoms with E-state index in [4.69, 9.17) is 18.0 Å². The number of aryl methyl sites for hydroxylation is 1. The van der Waals surface area contributed by atoms with Crippen molar-refractivity contribution in [2.45, 2.75) is 40.5 Å². The highest BCUT2D eigenvalue weighted by atomic mass is 32.1. The second kappa shape index (κ2) is 7.43. The Labute approximate surface area is 122 Å². The van der Waals surface area contributed by atoms with Crippen LogP contribution in [0.15, 0.2) is 12.1 Å². The number of nitrogens with two attached hydrogens (primary N) is 1. The average molecular weight is 279 g/mol. The van der Waals surface area contributed by atoms with Gasteiger partial charge in [-0.25, -0.2) is 4.98 Å². The van der Waals surface area contributed by atoms with Gasteiger partial charge in [-0.05, 0) is 31.9 Å². The first-order chi connectivity index (χ1) is 9.03. The van der Waals surface area contributed by atoms with E-state index in [9.17, 15) is 0 Å². The Balaban J connectivity index is 3.09. The van der Waals surface area contributed by atoms with Crippen molar-refractivity contribution in [1.29, 1.82) is 0 Å². The molecule has 0 aliphatic rings. The van der Waals surface area contributed by atoms with Gasteiger partial charge in [-0.3, -0.25) is 0 Å². The predicted molar refractivity (Wildman–Crippen MR) is 86.8 cm³/mol. The summed E-state index contributed by atoms with van der Waals surface area (Å²) in [5.41, 5.74) is 7.70. The molecule has 0 aromatic carbocycles. The van der Waals surface area contributed by atoms with Crippen molar-refractivity contribution in [3.05, 3.63) is 23.4 Å². The van der Waals surface area contributed by atoms with E-state index >= 15 is 0 Å². The third-order valence-corrected chi connectivity index (χ3v) is 3.81. The molecule has 2 N–H and O–H groups in total. The maximum atomic E-state index is 5.82. The van der Waals surface area contributed by atoms with Gasteiger partial charge in [-0.2, -0.15) is 0 Å². The molecule has 1 aromatic heterocycles. The quantitative estimate of drug-likeness (QED) is 0.778. The first-order valence-electron chi connectivity index (χ1n) is 7.05. The van der Waals surface area contributed by atoms with Crippen molar-refractivity contribution in [1.82, 2.24) is 4.98 Å². The van der Waals surface area contributed by atoms with Gasteiger partial charge in [0.25, 0.3) is 0 Å². The highest BCUT2D eigenvalue weighted by Crippen LogP contribution is 2.21. The van der Waals surface area contributed by atoms with Gasteiger partial charge in [-0.15, -0.1) is 0 Å². The van der Waals surface area contributed by atoms with Crippen molar-refractivity contribution in [2.24, 2.45) is 11.7 Å². The summed E-state index contributed by atoms with van der Waals surface area (Å²) in [5, 5.41) is 0. The number of anilines is 1. The fourth-order valence-corrected chi connectivity index (χ4v) is 2.36. The Morgan fingerprint density at radius 2 is 1.95 bits per heavy atom. The van der Waals surface area contributed by atoms with E-state index in [2.05, 4.69) is 30.7 Å². The second-order valence-electron chi connectivity index (χ2n) is 4.91. The van der Waals surface area contributed by atoms with Gasteiger partial charge in [0.1, 0.15) is 10.8 Å². The smallest absolute Gasteiger partial charge is 0.139 e. The van der Waals surface area contributed by atoms with Gasteiger partial charge in [0.05, 0.1) is 5.56 Å². The zero-order chi connectivity index (χ0) is 14.4. The number of rotatable bonds is 7. The minimum Gasteiger partial charge on any atom is -0.389 e. The molecule has 1 aromatic rings. The van der Waals surface area contributed by atoms with Crippen molar-refractivity contribution < 1.29 is 0 Å². The SMILES string of the molecule is CCC(CC)CN(CC)c1nc(C)ccc1C(N)=S. The highest BCUT2D eigenvalue weighted by Gasteiger charge is 2.16. The van der Waals surface area contributed by atoms with Crippen molar-refractivity contribution in [2.75, 3.05) is 18.0 Å². The molecule has 0 amide bonds. The molecule has 0 aliphatic carbocycles. The van der Waals surface area contributed by atoms with Crippen LogP contribution in [0.4, 0.5) is 5.82 Å². The molecule has 0 fully saturated rings. The van der Waals surface area contributed by atoms with Crippen molar-refractivity contribution in [3.63, 3.8) is 0 Å². The summed E-state index contributed by atoms with van der Waals surface area (Å²) in [5.74, 6) is 1.61. The Morgan fingerprint density at radius 3 is 2.42 bits per heavy atom. The molecule has 0 spiro atoms. The van der Waals surface area contributed by atoms with Gasteiger partial charge >= 0.3 is 0 Å². The van der Waals surface area contributed by atoms with Gasteiger partial charge < -0.3 is 10.6 Å². The molecule has 0 bridgehead atoms. The summed E-state index contributed by atoms with van der Waals surface area (Å²) in [6.45, 7) is 10.5. The fourth-order valence-electron chi connectivity index (χ4n) is 2.20. The van der Waals surface area contributed by atoms with E-state index < -0.39 is 0 Å². The van der Waals surface area contributed by atoms with Crippen LogP contribution >= 0.6 is 12.2 Å². The van der Waals surface area contributed by atoms with Crippen LogP contribution in [-0.2, 0) is 0 Å². The van der Waals surface area contributed by atoms with Crippen LogP contribution in [0, 0.1) is 12.8 Å². The molecule has 106 valence electrons. The molecule has 0 atom stereocenters. The lowest BCUT2D eigenvalue weighted by atomic mass is 10.0. The zero-order valence-corrected chi connectivity index (χ0v) is 13.3. The molecule has 0 saturated heterocycles. The number of hydrogen-bond acceptors (Lipinski definition) is 3. The van der Waals surface area contributed by atoms with E-state index in [0.29, 0.717) is 10.9 Å². The topological polar surface area (TPSA) is 42.2 Å². The first kappa shape index (κ1) is 15.9. The van der Waals surface area contributed by atoms with E-state index in [1.807, 2.05) is 19.1 Å². The zero-order valence-electron chi connectivity index (χ0n) is 12.4. The second-order valence-corrected chi connectivity index (χ2v) is 5.35. The summed E-state index contributed by atoms with van der Waals surface area (Å²) < 4.78 is 0. The normalized spacial score (nSPS) is 10.8. The molecule has 1 rings (SSSR count). The molecular weight excluding hydrogens is 254 g/mol. The van der Waals surface area contributed by atoms with Crippen LogP contribution in [0.1, 0.15) is 44.9 Å². The van der Waals surface area contributed by atoms with E-state index in [1.54, 1.807) is 0 Å². The van der Waals surface area contributed by atoms with Crippen LogP contribution in [0.2, 0.25) is 0 Å². The third-order valence-electron chi connectivity index (χ3n) is 3.59. The van der Waals surface area contributed by atoms with Crippen LogP contribution < -0.4 is 10.6 Å². The number of hydrogen-bond donors (Lipinski definition) is 1. The largest absolute Gasteiger partial charge is 0.389 e. The van der Waals surface area contributed by atoms with E-state index in [-0.39, 0.29) is 0 Å². The van der Waals surface area contributed by atoms with Crippen molar-refractivity contribution >= 4 is 23.0 Å². The Hall–Kier alpha value is -1.16. The maximum Gasteiger partial charge on any atom is 0.139 e. The molecule has 4 heteroatoms. The van der Waals surface area contributed by atoms with Crippen LogP contribution in [-0.4, -0.2) is 23.1 Å². The average Bonchev–Trinajstić information content (AvgIpc) is 2.40. The van der Waals surface area contributed by atoms with E-state index in [0.717, 1.165) is 30.2 Å². The van der Waals surface area contributed by atoms with Crippen LogP contribution in [0.5, 0.6) is 0 Å². The van der Waals surface area contributed by atoms with Gasteiger partial charge in [0, 0.05) is 18.8 Å². The molecular formula is C15H25N3S. The molecule has 0 saturated carbocycles. The fraction of sp³-hybridized carbons (Fsp3) is 0.600. The molecule has 19 heavy (non-hydrogen) atoms. The predicted octanol–water partition coefficient (Wildman–Crippen LogP) is 3.29. The summed E-state index contributed by atoms with van der Waals surface area (Å²) in [6.07, 6.45) is 2.36. The molecule has 3 nitrogen and oxygen atoms in total. The third kappa shape index (κ3) is 4.16. The van der Waals surface area contributed by atoms with Gasteiger partial charge in [0.2, 0.25) is 0 Å². The monoisotopic (exact) mass is 279 g/mol. The van der Waals surface area contributed by atoms with Crippen LogP contribution in [0.25, 0.3) is 0 Å². The minimum atomic E-state index is 0.422. The first-order valence-corrected chi connectivity index (χ1v) is 7.46. The lowest BCUT2D eigenvalue weighted by molar-refractivity contribution is 0.484. The maximum absolute atomic E-state index is 5.82. The van der Waals surface area contributed by atoms with Gasteiger partial charge in [0.15, 0.2) is 0 Å². The Kier molecular flexibility index (Phi) is 6.22. The lowest BCUT2D eigenvalue weighted by Crippen LogP contribution is -2.32. The van der Waals surface area contributed by atoms with Gasteiger partial charge in [-0.1, -0.05) is 38.9 Å².